The standard InChI is InChI=1S/C11H23N3O2/c1-3-14(4-2)11(16)7-5-6-10(15)13-9-8-12/h3-9,12H2,1-2H3,(H,13,15). The van der Waals surface area contributed by atoms with Gasteiger partial charge in [-0.2, -0.15) is 0 Å². The monoisotopic (exact) mass is 229 g/mol. The SMILES string of the molecule is CCN(CC)C(=O)CCCC(=O)NCCN. The Morgan fingerprint density at radius 2 is 1.81 bits per heavy atom. The minimum Gasteiger partial charge on any atom is -0.355 e. The Labute approximate surface area is 97.4 Å². The first-order chi connectivity index (χ1) is 7.65. The average Bonchev–Trinajstić information content (AvgIpc) is 2.28. The highest BCUT2D eigenvalue weighted by Gasteiger charge is 2.09. The highest BCUT2D eigenvalue weighted by Crippen LogP contribution is 2.00. The molecule has 0 aliphatic carbocycles. The van der Waals surface area contributed by atoms with Crippen molar-refractivity contribution in [1.82, 2.24) is 10.2 Å². The molecule has 5 heteroatoms. The molecule has 5 nitrogen and oxygen atoms in total. The second kappa shape index (κ2) is 9.15. The molecule has 0 aromatic heterocycles. The Morgan fingerprint density at radius 1 is 1.19 bits per heavy atom. The number of rotatable bonds is 8. The van der Waals surface area contributed by atoms with Gasteiger partial charge >= 0.3 is 0 Å². The molecule has 0 atom stereocenters. The van der Waals surface area contributed by atoms with E-state index in [1.54, 1.807) is 4.90 Å². The zero-order valence-electron chi connectivity index (χ0n) is 10.3. The van der Waals surface area contributed by atoms with Crippen molar-refractivity contribution in [2.75, 3.05) is 26.2 Å². The van der Waals surface area contributed by atoms with Gasteiger partial charge in [-0.05, 0) is 20.3 Å². The molecule has 3 N–H and O–H groups in total. The zero-order valence-corrected chi connectivity index (χ0v) is 10.3. The van der Waals surface area contributed by atoms with Gasteiger partial charge in [0.25, 0.3) is 0 Å². The van der Waals surface area contributed by atoms with E-state index in [0.717, 1.165) is 13.1 Å². The Morgan fingerprint density at radius 3 is 2.31 bits per heavy atom. The molecule has 0 rings (SSSR count). The Kier molecular flexibility index (Phi) is 8.52. The van der Waals surface area contributed by atoms with Crippen LogP contribution in [0.2, 0.25) is 0 Å². The molecule has 0 aliphatic rings. The molecule has 0 aliphatic heterocycles. The third kappa shape index (κ3) is 6.40. The predicted molar refractivity (Wildman–Crippen MR) is 63.8 cm³/mol. The van der Waals surface area contributed by atoms with Gasteiger partial charge in [0.05, 0.1) is 0 Å². The number of nitrogens with zero attached hydrogens (tertiary/aromatic N) is 1. The lowest BCUT2D eigenvalue weighted by molar-refractivity contribution is -0.131. The van der Waals surface area contributed by atoms with Crippen LogP contribution in [0.3, 0.4) is 0 Å². The van der Waals surface area contributed by atoms with Crippen molar-refractivity contribution in [2.24, 2.45) is 5.73 Å². The number of hydrogen-bond donors (Lipinski definition) is 2. The fraction of sp³-hybridized carbons (Fsp3) is 0.818. The number of nitrogens with one attached hydrogen (secondary N) is 1. The van der Waals surface area contributed by atoms with E-state index >= 15 is 0 Å². The average molecular weight is 229 g/mol. The molecule has 0 bridgehead atoms. The van der Waals surface area contributed by atoms with E-state index < -0.39 is 0 Å². The van der Waals surface area contributed by atoms with Gasteiger partial charge in [-0.1, -0.05) is 0 Å². The summed E-state index contributed by atoms with van der Waals surface area (Å²) in [6.07, 6.45) is 1.44. The van der Waals surface area contributed by atoms with Crippen LogP contribution in [0.5, 0.6) is 0 Å². The van der Waals surface area contributed by atoms with Crippen LogP contribution in [0.4, 0.5) is 0 Å². The largest absolute Gasteiger partial charge is 0.355 e. The summed E-state index contributed by atoms with van der Waals surface area (Å²) in [6, 6.07) is 0. The summed E-state index contributed by atoms with van der Waals surface area (Å²) in [5.74, 6) is 0.0921. The summed E-state index contributed by atoms with van der Waals surface area (Å²) in [5.41, 5.74) is 5.25. The van der Waals surface area contributed by atoms with Crippen LogP contribution in [-0.2, 0) is 9.59 Å². The van der Waals surface area contributed by atoms with Gasteiger partial charge in [0, 0.05) is 39.0 Å². The van der Waals surface area contributed by atoms with Crippen molar-refractivity contribution in [3.8, 4) is 0 Å². The second-order valence-electron chi connectivity index (χ2n) is 3.56. The number of amides is 2. The first-order valence-corrected chi connectivity index (χ1v) is 5.90. The third-order valence-corrected chi connectivity index (χ3v) is 2.38. The molecular weight excluding hydrogens is 206 g/mol. The van der Waals surface area contributed by atoms with Gasteiger partial charge in [-0.3, -0.25) is 9.59 Å². The van der Waals surface area contributed by atoms with Crippen molar-refractivity contribution in [1.29, 1.82) is 0 Å². The van der Waals surface area contributed by atoms with E-state index in [4.69, 9.17) is 5.73 Å². The van der Waals surface area contributed by atoms with Crippen molar-refractivity contribution in [2.45, 2.75) is 33.1 Å². The lowest BCUT2D eigenvalue weighted by Crippen LogP contribution is -2.31. The van der Waals surface area contributed by atoms with Crippen LogP contribution in [0, 0.1) is 0 Å². The Bertz CT molecular complexity index is 215. The summed E-state index contributed by atoms with van der Waals surface area (Å²) in [5, 5.41) is 2.67. The van der Waals surface area contributed by atoms with Crippen LogP contribution in [-0.4, -0.2) is 42.9 Å². The highest BCUT2D eigenvalue weighted by molar-refractivity contribution is 5.78. The summed E-state index contributed by atoms with van der Waals surface area (Å²) in [7, 11) is 0. The zero-order chi connectivity index (χ0) is 12.4. The predicted octanol–water partition coefficient (Wildman–Crippen LogP) is 0.100. The second-order valence-corrected chi connectivity index (χ2v) is 3.56. The molecule has 0 spiro atoms. The van der Waals surface area contributed by atoms with E-state index in [1.165, 1.54) is 0 Å². The highest BCUT2D eigenvalue weighted by atomic mass is 16.2. The molecular formula is C11H23N3O2. The summed E-state index contributed by atoms with van der Waals surface area (Å²) in [6.45, 7) is 6.32. The lowest BCUT2D eigenvalue weighted by atomic mass is 10.2. The summed E-state index contributed by atoms with van der Waals surface area (Å²) in [4.78, 5) is 24.6. The van der Waals surface area contributed by atoms with Crippen molar-refractivity contribution in [3.63, 3.8) is 0 Å². The summed E-state index contributed by atoms with van der Waals surface area (Å²) < 4.78 is 0. The molecule has 0 saturated carbocycles. The normalized spacial score (nSPS) is 9.94. The van der Waals surface area contributed by atoms with E-state index in [2.05, 4.69) is 5.32 Å². The van der Waals surface area contributed by atoms with Gasteiger partial charge < -0.3 is 16.0 Å². The van der Waals surface area contributed by atoms with Crippen molar-refractivity contribution >= 4 is 11.8 Å². The minimum absolute atomic E-state index is 0.0298. The van der Waals surface area contributed by atoms with Crippen molar-refractivity contribution < 1.29 is 9.59 Å². The number of nitrogens with two attached hydrogens (primary N) is 1. The summed E-state index contributed by atoms with van der Waals surface area (Å²) >= 11 is 0. The molecule has 0 saturated heterocycles. The van der Waals surface area contributed by atoms with Gasteiger partial charge in [0.15, 0.2) is 0 Å². The number of hydrogen-bond acceptors (Lipinski definition) is 3. The van der Waals surface area contributed by atoms with Crippen LogP contribution in [0.15, 0.2) is 0 Å². The molecule has 0 aromatic rings. The van der Waals surface area contributed by atoms with E-state index in [9.17, 15) is 9.59 Å². The minimum atomic E-state index is -0.0298. The van der Waals surface area contributed by atoms with Crippen LogP contribution in [0.25, 0.3) is 0 Å². The van der Waals surface area contributed by atoms with Gasteiger partial charge in [-0.15, -0.1) is 0 Å². The van der Waals surface area contributed by atoms with E-state index in [0.29, 0.717) is 32.4 Å². The number of carbonyl (C=O) groups excluding carboxylic acids is 2. The van der Waals surface area contributed by atoms with E-state index in [-0.39, 0.29) is 11.8 Å². The smallest absolute Gasteiger partial charge is 0.222 e. The molecule has 16 heavy (non-hydrogen) atoms. The third-order valence-electron chi connectivity index (χ3n) is 2.38. The maximum atomic E-state index is 11.6. The maximum Gasteiger partial charge on any atom is 0.222 e. The number of carbonyl (C=O) groups is 2. The fourth-order valence-electron chi connectivity index (χ4n) is 1.43. The molecule has 2 amide bonds. The van der Waals surface area contributed by atoms with E-state index in [1.807, 2.05) is 13.8 Å². The molecule has 0 unspecified atom stereocenters. The fourth-order valence-corrected chi connectivity index (χ4v) is 1.43. The Balaban J connectivity index is 3.64. The molecule has 0 radical (unpaired) electrons. The molecule has 0 aromatic carbocycles. The first-order valence-electron chi connectivity index (χ1n) is 5.90. The van der Waals surface area contributed by atoms with Crippen LogP contribution < -0.4 is 11.1 Å². The van der Waals surface area contributed by atoms with Crippen molar-refractivity contribution in [3.05, 3.63) is 0 Å². The van der Waals surface area contributed by atoms with Gasteiger partial charge in [-0.25, -0.2) is 0 Å². The first kappa shape index (κ1) is 14.9. The molecule has 0 heterocycles. The Hall–Kier alpha value is -1.10. The van der Waals surface area contributed by atoms with Gasteiger partial charge in [0.2, 0.25) is 11.8 Å². The quantitative estimate of drug-likeness (QED) is 0.620. The van der Waals surface area contributed by atoms with Crippen LogP contribution >= 0.6 is 0 Å². The lowest BCUT2D eigenvalue weighted by Gasteiger charge is -2.18. The maximum absolute atomic E-state index is 11.6. The topological polar surface area (TPSA) is 75.4 Å². The van der Waals surface area contributed by atoms with Crippen LogP contribution in [0.1, 0.15) is 33.1 Å². The molecule has 94 valence electrons. The molecule has 0 fully saturated rings. The van der Waals surface area contributed by atoms with Gasteiger partial charge in [0.1, 0.15) is 0 Å².